The summed E-state index contributed by atoms with van der Waals surface area (Å²) in [5.41, 5.74) is 3.90. The molecule has 150 valence electrons. The number of rotatable bonds is 4. The van der Waals surface area contributed by atoms with E-state index in [1.807, 2.05) is 6.07 Å². The Morgan fingerprint density at radius 1 is 1.24 bits per heavy atom. The smallest absolute Gasteiger partial charge is 0.148 e. The standard InChI is InChI=1S/C22H23FN4S2/c1-3-27-8-4-5-14(13(27)2)20-9-15-17(6-7-24-22(15)29-20)26-18-11-19-21(10-16(18)23)28-12-25-19/h6-7,9-14H,3-5,8H2,1-2H3,(H,24,26). The van der Waals surface area contributed by atoms with Gasteiger partial charge < -0.3 is 10.2 Å². The van der Waals surface area contributed by atoms with Crippen molar-refractivity contribution in [2.45, 2.75) is 38.6 Å². The van der Waals surface area contributed by atoms with Crippen molar-refractivity contribution in [3.05, 3.63) is 46.7 Å². The highest BCUT2D eigenvalue weighted by atomic mass is 32.1. The molecule has 4 aromatic rings. The summed E-state index contributed by atoms with van der Waals surface area (Å²) in [6.45, 7) is 6.85. The lowest BCUT2D eigenvalue weighted by molar-refractivity contribution is 0.148. The maximum atomic E-state index is 14.6. The average Bonchev–Trinajstić information content (AvgIpc) is 3.35. The molecule has 1 N–H and O–H groups in total. The number of halogens is 1. The van der Waals surface area contributed by atoms with Crippen LogP contribution in [0.25, 0.3) is 20.4 Å². The number of likely N-dealkylation sites (tertiary alicyclic amines) is 1. The maximum Gasteiger partial charge on any atom is 0.148 e. The number of nitrogens with zero attached hydrogens (tertiary/aromatic N) is 3. The van der Waals surface area contributed by atoms with Crippen LogP contribution in [-0.2, 0) is 0 Å². The molecule has 7 heteroatoms. The van der Waals surface area contributed by atoms with Crippen LogP contribution in [0.5, 0.6) is 0 Å². The predicted molar refractivity (Wildman–Crippen MR) is 121 cm³/mol. The molecule has 3 aromatic heterocycles. The molecule has 1 fully saturated rings. The van der Waals surface area contributed by atoms with Crippen LogP contribution in [-0.4, -0.2) is 34.0 Å². The van der Waals surface area contributed by atoms with Crippen LogP contribution < -0.4 is 5.32 Å². The quantitative estimate of drug-likeness (QED) is 0.411. The van der Waals surface area contributed by atoms with Gasteiger partial charge in [0.25, 0.3) is 0 Å². The number of hydrogen-bond acceptors (Lipinski definition) is 6. The molecule has 0 bridgehead atoms. The van der Waals surface area contributed by atoms with Crippen LogP contribution in [0.15, 0.2) is 36.0 Å². The van der Waals surface area contributed by atoms with E-state index in [9.17, 15) is 4.39 Å². The first-order valence-corrected chi connectivity index (χ1v) is 11.8. The third-order valence-electron chi connectivity index (χ3n) is 6.03. The minimum Gasteiger partial charge on any atom is -0.352 e. The van der Waals surface area contributed by atoms with Crippen LogP contribution in [0.4, 0.5) is 15.8 Å². The number of benzene rings is 1. The minimum atomic E-state index is -0.262. The molecular formula is C22H23FN4S2. The number of pyridine rings is 1. The van der Waals surface area contributed by atoms with Gasteiger partial charge in [-0.05, 0) is 57.1 Å². The van der Waals surface area contributed by atoms with E-state index in [0.29, 0.717) is 17.6 Å². The van der Waals surface area contributed by atoms with E-state index in [0.717, 1.165) is 32.7 Å². The highest BCUT2D eigenvalue weighted by Crippen LogP contribution is 2.40. The molecule has 2 unspecified atom stereocenters. The van der Waals surface area contributed by atoms with Crippen LogP contribution in [0, 0.1) is 5.82 Å². The molecule has 5 rings (SSSR count). The van der Waals surface area contributed by atoms with Gasteiger partial charge in [0, 0.05) is 28.4 Å². The van der Waals surface area contributed by atoms with E-state index in [-0.39, 0.29) is 5.82 Å². The Hall–Kier alpha value is -2.09. The van der Waals surface area contributed by atoms with Gasteiger partial charge in [-0.1, -0.05) is 6.92 Å². The number of likely N-dealkylation sites (N-methyl/N-ethyl adjacent to an activating group) is 1. The van der Waals surface area contributed by atoms with E-state index < -0.39 is 0 Å². The fourth-order valence-electron chi connectivity index (χ4n) is 4.41. The normalized spacial score (nSPS) is 20.5. The first-order chi connectivity index (χ1) is 14.1. The largest absolute Gasteiger partial charge is 0.352 e. The maximum absolute atomic E-state index is 14.6. The second-order valence-electron chi connectivity index (χ2n) is 7.62. The van der Waals surface area contributed by atoms with Crippen LogP contribution >= 0.6 is 22.7 Å². The first kappa shape index (κ1) is 18.9. The number of nitrogens with one attached hydrogen (secondary N) is 1. The third kappa shape index (κ3) is 3.41. The summed E-state index contributed by atoms with van der Waals surface area (Å²) >= 11 is 3.22. The first-order valence-electron chi connectivity index (χ1n) is 10.1. The van der Waals surface area contributed by atoms with Gasteiger partial charge in [-0.2, -0.15) is 0 Å². The van der Waals surface area contributed by atoms with Gasteiger partial charge in [0.05, 0.1) is 27.1 Å². The zero-order valence-corrected chi connectivity index (χ0v) is 18.1. The van der Waals surface area contributed by atoms with E-state index in [1.54, 1.807) is 35.2 Å². The molecule has 0 aliphatic carbocycles. The third-order valence-corrected chi connectivity index (χ3v) is 8.00. The topological polar surface area (TPSA) is 41.0 Å². The van der Waals surface area contributed by atoms with Gasteiger partial charge in [0.15, 0.2) is 0 Å². The van der Waals surface area contributed by atoms with Crippen molar-refractivity contribution in [2.24, 2.45) is 0 Å². The molecule has 0 spiro atoms. The Labute approximate surface area is 177 Å². The molecule has 0 saturated carbocycles. The van der Waals surface area contributed by atoms with Gasteiger partial charge in [-0.15, -0.1) is 22.7 Å². The lowest BCUT2D eigenvalue weighted by Crippen LogP contribution is -2.41. The second-order valence-corrected chi connectivity index (χ2v) is 9.57. The van der Waals surface area contributed by atoms with Gasteiger partial charge in [0.2, 0.25) is 0 Å². The number of thiophene rings is 1. The molecule has 0 amide bonds. The Morgan fingerprint density at radius 2 is 2.14 bits per heavy atom. The van der Waals surface area contributed by atoms with Crippen LogP contribution in [0.1, 0.15) is 37.5 Å². The number of piperidine rings is 1. The zero-order chi connectivity index (χ0) is 20.0. The van der Waals surface area contributed by atoms with Crippen molar-refractivity contribution < 1.29 is 4.39 Å². The van der Waals surface area contributed by atoms with Crippen molar-refractivity contribution in [3.63, 3.8) is 0 Å². The molecule has 29 heavy (non-hydrogen) atoms. The molecule has 1 aliphatic heterocycles. The van der Waals surface area contributed by atoms with Crippen molar-refractivity contribution in [1.82, 2.24) is 14.9 Å². The van der Waals surface area contributed by atoms with Gasteiger partial charge >= 0.3 is 0 Å². The summed E-state index contributed by atoms with van der Waals surface area (Å²) in [7, 11) is 0. The molecule has 4 nitrogen and oxygen atoms in total. The minimum absolute atomic E-state index is 0.262. The summed E-state index contributed by atoms with van der Waals surface area (Å²) in [4.78, 5) is 13.8. The fraction of sp³-hybridized carbons (Fsp3) is 0.364. The molecule has 2 atom stereocenters. The Kier molecular flexibility index (Phi) is 4.97. The van der Waals surface area contributed by atoms with Crippen LogP contribution in [0.2, 0.25) is 0 Å². The molecular weight excluding hydrogens is 403 g/mol. The lowest BCUT2D eigenvalue weighted by Gasteiger charge is -2.38. The zero-order valence-electron chi connectivity index (χ0n) is 16.5. The molecule has 0 radical (unpaired) electrons. The molecule has 4 heterocycles. The summed E-state index contributed by atoms with van der Waals surface area (Å²) < 4.78 is 15.5. The lowest BCUT2D eigenvalue weighted by atomic mass is 9.89. The Morgan fingerprint density at radius 3 is 3.00 bits per heavy atom. The summed E-state index contributed by atoms with van der Waals surface area (Å²) in [6, 6.07) is 8.04. The van der Waals surface area contributed by atoms with Gasteiger partial charge in [-0.25, -0.2) is 14.4 Å². The van der Waals surface area contributed by atoms with Crippen molar-refractivity contribution in [1.29, 1.82) is 0 Å². The number of hydrogen-bond donors (Lipinski definition) is 1. The number of aromatic nitrogens is 2. The second kappa shape index (κ2) is 7.63. The Bertz CT molecular complexity index is 1170. The molecule has 1 aliphatic rings. The predicted octanol–water partition coefficient (Wildman–Crippen LogP) is 6.38. The van der Waals surface area contributed by atoms with Crippen LogP contribution in [0.3, 0.4) is 0 Å². The van der Waals surface area contributed by atoms with E-state index in [1.165, 1.54) is 35.6 Å². The van der Waals surface area contributed by atoms with Crippen molar-refractivity contribution >= 4 is 54.5 Å². The van der Waals surface area contributed by atoms with E-state index in [4.69, 9.17) is 0 Å². The molecule has 1 saturated heterocycles. The highest BCUT2D eigenvalue weighted by molar-refractivity contribution is 7.18. The number of thiazole rings is 1. The van der Waals surface area contributed by atoms with E-state index in [2.05, 4.69) is 40.1 Å². The van der Waals surface area contributed by atoms with E-state index >= 15 is 0 Å². The summed E-state index contributed by atoms with van der Waals surface area (Å²) in [5, 5.41) is 4.35. The summed E-state index contributed by atoms with van der Waals surface area (Å²) in [5.74, 6) is 0.264. The number of anilines is 2. The highest BCUT2D eigenvalue weighted by Gasteiger charge is 2.29. The van der Waals surface area contributed by atoms with Gasteiger partial charge in [0.1, 0.15) is 10.6 Å². The monoisotopic (exact) mass is 426 g/mol. The van der Waals surface area contributed by atoms with Crippen molar-refractivity contribution in [2.75, 3.05) is 18.4 Å². The average molecular weight is 427 g/mol. The molecule has 1 aromatic carbocycles. The summed E-state index contributed by atoms with van der Waals surface area (Å²) in [6.07, 6.45) is 4.24. The Balaban J connectivity index is 1.51. The SMILES string of the molecule is CCN1CCCC(c2cc3c(Nc4cc5ncsc5cc4F)ccnc3s2)C1C. The van der Waals surface area contributed by atoms with Crippen molar-refractivity contribution in [3.8, 4) is 0 Å². The number of fused-ring (bicyclic) bond motifs is 2. The van der Waals surface area contributed by atoms with Gasteiger partial charge in [-0.3, -0.25) is 0 Å². The fourth-order valence-corrected chi connectivity index (χ4v) is 6.35.